The topological polar surface area (TPSA) is 46.5 Å². The molecule has 0 aliphatic heterocycles. The lowest BCUT2D eigenvalue weighted by atomic mass is 9.45. The van der Waals surface area contributed by atoms with E-state index in [0.717, 1.165) is 31.1 Å². The molecule has 3 heteroatoms. The van der Waals surface area contributed by atoms with Crippen molar-refractivity contribution in [3.63, 3.8) is 0 Å². The van der Waals surface area contributed by atoms with Gasteiger partial charge < -0.3 is 9.84 Å². The third-order valence-electron chi connectivity index (χ3n) is 9.81. The molecule has 0 saturated heterocycles. The van der Waals surface area contributed by atoms with Crippen LogP contribution in [0.3, 0.4) is 0 Å². The molecule has 1 N–H and O–H groups in total. The Hall–Kier alpha value is -1.35. The molecule has 0 spiro atoms. The lowest BCUT2D eigenvalue weighted by molar-refractivity contribution is -0.134. The fraction of sp³-hybridized carbons (Fsp3) is 0.731. The van der Waals surface area contributed by atoms with E-state index in [1.165, 1.54) is 38.5 Å². The first-order chi connectivity index (χ1) is 13.9. The highest BCUT2D eigenvalue weighted by molar-refractivity contribution is 5.89. The molecule has 29 heavy (non-hydrogen) atoms. The predicted molar refractivity (Wildman–Crippen MR) is 113 cm³/mol. The van der Waals surface area contributed by atoms with Crippen LogP contribution in [0.2, 0.25) is 0 Å². The number of carbonyl (C=O) groups excluding carboxylic acids is 1. The zero-order valence-electron chi connectivity index (χ0n) is 18.0. The van der Waals surface area contributed by atoms with Crippen molar-refractivity contribution in [3.05, 3.63) is 35.9 Å². The molecule has 158 valence electrons. The minimum atomic E-state index is -0.156. The molecule has 0 heterocycles. The quantitative estimate of drug-likeness (QED) is 0.660. The van der Waals surface area contributed by atoms with E-state index in [1.54, 1.807) is 0 Å². The molecular formula is C26H36O3. The molecule has 1 aromatic carbocycles. The maximum Gasteiger partial charge on any atom is 0.338 e. The third-order valence-corrected chi connectivity index (χ3v) is 9.81. The van der Waals surface area contributed by atoms with Crippen LogP contribution in [-0.4, -0.2) is 23.3 Å². The standard InChI is InChI=1S/C26H36O3/c1-25-14-12-19(27)16-18(25)8-9-20-21-10-11-23(26(21,2)15-13-22(20)25)29-24(28)17-6-4-3-5-7-17/h3-7,18-23,27H,8-16H2,1-2H3/t18-,19-,20+,21+,22+,23+,25+,26+/m1/s1. The molecule has 0 aromatic heterocycles. The SMILES string of the molecule is C[C@]12CC[C@@H](O)C[C@H]1CC[C@@H]1[C@@H]2CC[C@]2(C)[C@@H](OC(=O)c3ccccc3)CC[C@@H]12. The van der Waals surface area contributed by atoms with Crippen molar-refractivity contribution in [3.8, 4) is 0 Å². The first kappa shape index (κ1) is 19.6. The van der Waals surface area contributed by atoms with Crippen LogP contribution < -0.4 is 0 Å². The molecule has 0 radical (unpaired) electrons. The average Bonchev–Trinajstić information content (AvgIpc) is 3.05. The van der Waals surface area contributed by atoms with Gasteiger partial charge in [-0.2, -0.15) is 0 Å². The van der Waals surface area contributed by atoms with Gasteiger partial charge in [0.2, 0.25) is 0 Å². The minimum Gasteiger partial charge on any atom is -0.458 e. The number of esters is 1. The molecule has 4 saturated carbocycles. The van der Waals surface area contributed by atoms with Crippen molar-refractivity contribution in [1.29, 1.82) is 0 Å². The molecular weight excluding hydrogens is 360 g/mol. The smallest absolute Gasteiger partial charge is 0.338 e. The second-order valence-electron chi connectivity index (χ2n) is 11.0. The lowest BCUT2D eigenvalue weighted by Gasteiger charge is -2.60. The highest BCUT2D eigenvalue weighted by Crippen LogP contribution is 2.66. The molecule has 0 unspecified atom stereocenters. The number of rotatable bonds is 2. The first-order valence-electron chi connectivity index (χ1n) is 11.9. The fourth-order valence-corrected chi connectivity index (χ4v) is 8.15. The van der Waals surface area contributed by atoms with Crippen LogP contribution in [0.15, 0.2) is 30.3 Å². The van der Waals surface area contributed by atoms with Gasteiger partial charge in [0.05, 0.1) is 11.7 Å². The van der Waals surface area contributed by atoms with Gasteiger partial charge in [-0.1, -0.05) is 32.0 Å². The Morgan fingerprint density at radius 2 is 1.66 bits per heavy atom. The second kappa shape index (κ2) is 7.11. The summed E-state index contributed by atoms with van der Waals surface area (Å²) in [5.41, 5.74) is 1.20. The fourth-order valence-electron chi connectivity index (χ4n) is 8.15. The van der Waals surface area contributed by atoms with E-state index < -0.39 is 0 Å². The number of carbonyl (C=O) groups is 1. The molecule has 8 atom stereocenters. The zero-order valence-corrected chi connectivity index (χ0v) is 18.0. The summed E-state index contributed by atoms with van der Waals surface area (Å²) in [4.78, 5) is 12.7. The van der Waals surface area contributed by atoms with Crippen LogP contribution in [0.5, 0.6) is 0 Å². The van der Waals surface area contributed by atoms with E-state index in [1.807, 2.05) is 30.3 Å². The summed E-state index contributed by atoms with van der Waals surface area (Å²) in [5.74, 6) is 2.78. The normalized spacial score (nSPS) is 46.3. The van der Waals surface area contributed by atoms with E-state index in [9.17, 15) is 9.90 Å². The zero-order chi connectivity index (χ0) is 20.2. The van der Waals surface area contributed by atoms with Crippen molar-refractivity contribution >= 4 is 5.97 Å². The van der Waals surface area contributed by atoms with Gasteiger partial charge in [0.25, 0.3) is 0 Å². The number of hydrogen-bond acceptors (Lipinski definition) is 3. The summed E-state index contributed by atoms with van der Waals surface area (Å²) in [7, 11) is 0. The van der Waals surface area contributed by atoms with Gasteiger partial charge in [-0.25, -0.2) is 4.79 Å². The molecule has 5 rings (SSSR count). The number of benzene rings is 1. The van der Waals surface area contributed by atoms with Crippen LogP contribution in [0.4, 0.5) is 0 Å². The molecule has 3 nitrogen and oxygen atoms in total. The first-order valence-corrected chi connectivity index (χ1v) is 11.9. The second-order valence-corrected chi connectivity index (χ2v) is 11.0. The molecule has 4 fully saturated rings. The molecule has 0 bridgehead atoms. The van der Waals surface area contributed by atoms with Crippen molar-refractivity contribution in [2.75, 3.05) is 0 Å². The number of aliphatic hydroxyl groups excluding tert-OH is 1. The number of hydrogen-bond donors (Lipinski definition) is 1. The van der Waals surface area contributed by atoms with Gasteiger partial charge in [-0.05, 0) is 99.0 Å². The average molecular weight is 397 g/mol. The van der Waals surface area contributed by atoms with Crippen LogP contribution in [0.1, 0.15) is 82.0 Å². The van der Waals surface area contributed by atoms with Crippen molar-refractivity contribution in [1.82, 2.24) is 0 Å². The summed E-state index contributed by atoms with van der Waals surface area (Å²) < 4.78 is 6.12. The number of fused-ring (bicyclic) bond motifs is 5. The Kier molecular flexibility index (Phi) is 4.81. The molecule has 4 aliphatic carbocycles. The number of aliphatic hydroxyl groups is 1. The monoisotopic (exact) mass is 396 g/mol. The Morgan fingerprint density at radius 1 is 0.931 bits per heavy atom. The summed E-state index contributed by atoms with van der Waals surface area (Å²) in [6.45, 7) is 4.94. The van der Waals surface area contributed by atoms with Crippen LogP contribution in [-0.2, 0) is 4.74 Å². The van der Waals surface area contributed by atoms with E-state index in [2.05, 4.69) is 13.8 Å². The van der Waals surface area contributed by atoms with Gasteiger partial charge >= 0.3 is 5.97 Å². The highest BCUT2D eigenvalue weighted by Gasteiger charge is 2.61. The number of ether oxygens (including phenoxy) is 1. The van der Waals surface area contributed by atoms with E-state index >= 15 is 0 Å². The third kappa shape index (κ3) is 3.07. The van der Waals surface area contributed by atoms with Gasteiger partial charge in [-0.15, -0.1) is 0 Å². The summed E-state index contributed by atoms with van der Waals surface area (Å²) in [6.07, 6.45) is 10.4. The van der Waals surface area contributed by atoms with Crippen LogP contribution in [0.25, 0.3) is 0 Å². The predicted octanol–water partition coefficient (Wildman–Crippen LogP) is 5.62. The van der Waals surface area contributed by atoms with Crippen LogP contribution in [0, 0.1) is 34.5 Å². The van der Waals surface area contributed by atoms with E-state index in [0.29, 0.717) is 22.8 Å². The molecule has 1 aromatic rings. The van der Waals surface area contributed by atoms with Gasteiger partial charge in [0.15, 0.2) is 0 Å². The maximum atomic E-state index is 12.7. The van der Waals surface area contributed by atoms with Gasteiger partial charge in [0, 0.05) is 5.41 Å². The highest BCUT2D eigenvalue weighted by atomic mass is 16.5. The Balaban J connectivity index is 1.34. The Labute approximate surface area is 175 Å². The summed E-state index contributed by atoms with van der Waals surface area (Å²) in [6, 6.07) is 9.45. The summed E-state index contributed by atoms with van der Waals surface area (Å²) >= 11 is 0. The Bertz CT molecular complexity index is 760. The van der Waals surface area contributed by atoms with Crippen molar-refractivity contribution in [2.45, 2.75) is 83.8 Å². The molecule has 4 aliphatic rings. The van der Waals surface area contributed by atoms with E-state index in [-0.39, 0.29) is 23.6 Å². The van der Waals surface area contributed by atoms with Crippen molar-refractivity contribution in [2.24, 2.45) is 34.5 Å². The van der Waals surface area contributed by atoms with Gasteiger partial charge in [-0.3, -0.25) is 0 Å². The van der Waals surface area contributed by atoms with Crippen LogP contribution >= 0.6 is 0 Å². The Morgan fingerprint density at radius 3 is 2.45 bits per heavy atom. The molecule has 0 amide bonds. The van der Waals surface area contributed by atoms with Gasteiger partial charge in [0.1, 0.15) is 6.10 Å². The van der Waals surface area contributed by atoms with Crippen molar-refractivity contribution < 1.29 is 14.6 Å². The van der Waals surface area contributed by atoms with E-state index in [4.69, 9.17) is 4.74 Å². The minimum absolute atomic E-state index is 0.0554. The maximum absolute atomic E-state index is 12.7. The summed E-state index contributed by atoms with van der Waals surface area (Å²) in [5, 5.41) is 10.2. The lowest BCUT2D eigenvalue weighted by Crippen LogP contribution is -2.54. The largest absolute Gasteiger partial charge is 0.458 e.